The predicted molar refractivity (Wildman–Crippen MR) is 79.7 cm³/mol. The number of hydrogen-bond acceptors (Lipinski definition) is 1. The number of nitrogens with zero attached hydrogens (tertiary/aromatic N) is 1. The van der Waals surface area contributed by atoms with Gasteiger partial charge in [-0.25, -0.2) is 0 Å². The molecule has 2 fully saturated rings. The molecule has 1 saturated heterocycles. The van der Waals surface area contributed by atoms with E-state index in [2.05, 4.69) is 18.7 Å². The molecule has 0 atom stereocenters. The molecule has 0 radical (unpaired) electrons. The lowest BCUT2D eigenvalue weighted by Gasteiger charge is -2.38. The van der Waals surface area contributed by atoms with Crippen molar-refractivity contribution in [2.75, 3.05) is 6.54 Å². The summed E-state index contributed by atoms with van der Waals surface area (Å²) in [5.74, 6) is 0.398. The second-order valence-electron chi connectivity index (χ2n) is 5.59. The molecule has 2 nitrogen and oxygen atoms in total. The first kappa shape index (κ1) is 17.5. The van der Waals surface area contributed by atoms with E-state index in [9.17, 15) is 4.79 Å². The molecule has 2 heteroatoms. The molecule has 0 aromatic carbocycles. The van der Waals surface area contributed by atoms with Gasteiger partial charge in [-0.3, -0.25) is 4.79 Å². The van der Waals surface area contributed by atoms with Gasteiger partial charge >= 0.3 is 0 Å². The zero-order valence-corrected chi connectivity index (χ0v) is 13.4. The fourth-order valence-corrected chi connectivity index (χ4v) is 2.75. The lowest BCUT2D eigenvalue weighted by molar-refractivity contribution is -0.130. The summed E-state index contributed by atoms with van der Waals surface area (Å²) in [5, 5.41) is 0. The first-order valence-electron chi connectivity index (χ1n) is 7.88. The van der Waals surface area contributed by atoms with Crippen molar-refractivity contribution in [3.8, 4) is 0 Å². The zero-order valence-electron chi connectivity index (χ0n) is 13.4. The molecule has 18 heavy (non-hydrogen) atoms. The Kier molecular flexibility index (Phi) is 8.30. The Hall–Kier alpha value is -0.530. The van der Waals surface area contributed by atoms with Crippen molar-refractivity contribution in [1.82, 2.24) is 4.90 Å². The van der Waals surface area contributed by atoms with Gasteiger partial charge in [0.05, 0.1) is 0 Å². The Morgan fingerprint density at radius 3 is 1.94 bits per heavy atom. The Morgan fingerprint density at radius 2 is 1.56 bits per heavy atom. The maximum atomic E-state index is 11.6. The Labute approximate surface area is 114 Å². The number of carbonyl (C=O) groups is 1. The lowest BCUT2D eigenvalue weighted by Crippen LogP contribution is -2.40. The molecule has 1 amide bonds. The number of amides is 1. The Bertz CT molecular complexity index is 225. The molecule has 2 rings (SSSR count). The summed E-state index contributed by atoms with van der Waals surface area (Å²) in [4.78, 5) is 13.7. The van der Waals surface area contributed by atoms with Crippen molar-refractivity contribution in [2.45, 2.75) is 86.1 Å². The molecule has 1 saturated carbocycles. The van der Waals surface area contributed by atoms with Crippen LogP contribution in [0.4, 0.5) is 0 Å². The number of likely N-dealkylation sites (tertiary alicyclic amines) is 1. The average molecular weight is 255 g/mol. The van der Waals surface area contributed by atoms with E-state index in [0.717, 1.165) is 19.4 Å². The smallest absolute Gasteiger partial charge is 0.222 e. The van der Waals surface area contributed by atoms with Gasteiger partial charge < -0.3 is 4.90 Å². The molecule has 1 aliphatic heterocycles. The summed E-state index contributed by atoms with van der Waals surface area (Å²) < 4.78 is 0. The molecule has 0 aromatic heterocycles. The van der Waals surface area contributed by atoms with Crippen molar-refractivity contribution < 1.29 is 4.79 Å². The third-order valence-electron chi connectivity index (χ3n) is 3.86. The van der Waals surface area contributed by atoms with Crippen LogP contribution >= 0.6 is 0 Å². The van der Waals surface area contributed by atoms with Crippen LogP contribution in [0.1, 0.15) is 80.1 Å². The van der Waals surface area contributed by atoms with Crippen molar-refractivity contribution in [1.29, 1.82) is 0 Å². The molecular weight excluding hydrogens is 222 g/mol. The van der Waals surface area contributed by atoms with E-state index in [0.29, 0.717) is 17.4 Å². The van der Waals surface area contributed by atoms with Gasteiger partial charge in [-0.2, -0.15) is 0 Å². The number of rotatable bonds is 1. The summed E-state index contributed by atoms with van der Waals surface area (Å²) >= 11 is 0. The van der Waals surface area contributed by atoms with Crippen molar-refractivity contribution in [3.63, 3.8) is 0 Å². The van der Waals surface area contributed by atoms with Crippen molar-refractivity contribution >= 4 is 5.91 Å². The highest BCUT2D eigenvalue weighted by Crippen LogP contribution is 2.37. The third-order valence-corrected chi connectivity index (χ3v) is 3.86. The molecule has 0 spiro atoms. The van der Waals surface area contributed by atoms with Crippen LogP contribution in [-0.2, 0) is 4.79 Å². The van der Waals surface area contributed by atoms with E-state index < -0.39 is 0 Å². The second kappa shape index (κ2) is 8.55. The van der Waals surface area contributed by atoms with Crippen LogP contribution in [0.25, 0.3) is 0 Å². The van der Waals surface area contributed by atoms with Gasteiger partial charge in [-0.05, 0) is 37.5 Å². The summed E-state index contributed by atoms with van der Waals surface area (Å²) in [6, 6.07) is 0.568. The minimum absolute atomic E-state index is 0.398. The first-order chi connectivity index (χ1) is 8.58. The van der Waals surface area contributed by atoms with E-state index in [1.165, 1.54) is 25.7 Å². The largest absolute Gasteiger partial charge is 0.340 e. The van der Waals surface area contributed by atoms with Crippen molar-refractivity contribution in [2.24, 2.45) is 5.41 Å². The molecule has 1 heterocycles. The highest BCUT2D eigenvalue weighted by Gasteiger charge is 2.33. The minimum atomic E-state index is 0.398. The molecule has 0 N–H and O–H groups in total. The van der Waals surface area contributed by atoms with E-state index >= 15 is 0 Å². The standard InChI is InChI=1S/C12H21NO.2C2H6/c1-12(2)7-5-10(6-8-12)13-9-3-4-11(13)14;2*1-2/h10H,3-9H2,1-2H3;2*1-2H3. The van der Waals surface area contributed by atoms with Crippen LogP contribution in [0.15, 0.2) is 0 Å². The monoisotopic (exact) mass is 255 g/mol. The van der Waals surface area contributed by atoms with Gasteiger partial charge in [0.2, 0.25) is 5.91 Å². The molecule has 2 aliphatic rings. The van der Waals surface area contributed by atoms with Crippen LogP contribution in [0, 0.1) is 5.41 Å². The normalized spacial score (nSPS) is 22.8. The third kappa shape index (κ3) is 4.99. The number of carbonyl (C=O) groups excluding carboxylic acids is 1. The maximum Gasteiger partial charge on any atom is 0.222 e. The highest BCUT2D eigenvalue weighted by molar-refractivity contribution is 5.78. The van der Waals surface area contributed by atoms with Gasteiger partial charge in [-0.15, -0.1) is 0 Å². The highest BCUT2D eigenvalue weighted by atomic mass is 16.2. The van der Waals surface area contributed by atoms with Gasteiger partial charge in [0.1, 0.15) is 0 Å². The quantitative estimate of drug-likeness (QED) is 0.669. The van der Waals surface area contributed by atoms with Crippen LogP contribution in [0.5, 0.6) is 0 Å². The number of hydrogen-bond donors (Lipinski definition) is 0. The van der Waals surface area contributed by atoms with E-state index in [-0.39, 0.29) is 0 Å². The van der Waals surface area contributed by atoms with Gasteiger partial charge in [-0.1, -0.05) is 41.5 Å². The van der Waals surface area contributed by atoms with Crippen molar-refractivity contribution in [3.05, 3.63) is 0 Å². The Balaban J connectivity index is 0.000000659. The molecule has 0 aromatic rings. The SMILES string of the molecule is CC.CC.CC1(C)CCC(N2CCCC2=O)CC1. The maximum absolute atomic E-state index is 11.6. The summed E-state index contributed by atoms with van der Waals surface area (Å²) in [6.45, 7) is 13.7. The molecule has 108 valence electrons. The minimum Gasteiger partial charge on any atom is -0.340 e. The average Bonchev–Trinajstić information content (AvgIpc) is 2.81. The summed E-state index contributed by atoms with van der Waals surface area (Å²) in [7, 11) is 0. The fourth-order valence-electron chi connectivity index (χ4n) is 2.75. The Morgan fingerprint density at radius 1 is 1.06 bits per heavy atom. The van der Waals surface area contributed by atoms with Crippen LogP contribution in [0.2, 0.25) is 0 Å². The van der Waals surface area contributed by atoms with Crippen LogP contribution in [0.3, 0.4) is 0 Å². The summed E-state index contributed by atoms with van der Waals surface area (Å²) in [5.41, 5.74) is 0.513. The van der Waals surface area contributed by atoms with Gasteiger partial charge in [0.15, 0.2) is 0 Å². The zero-order chi connectivity index (χ0) is 14.2. The van der Waals surface area contributed by atoms with E-state index in [1.807, 2.05) is 27.7 Å². The predicted octanol–water partition coefficient (Wildman–Crippen LogP) is 4.63. The molecule has 0 unspecified atom stereocenters. The fraction of sp³-hybridized carbons (Fsp3) is 0.938. The summed E-state index contributed by atoms with van der Waals surface area (Å²) in [6.07, 6.45) is 6.87. The van der Waals surface area contributed by atoms with E-state index in [1.54, 1.807) is 0 Å². The molecule has 0 bridgehead atoms. The van der Waals surface area contributed by atoms with E-state index in [4.69, 9.17) is 0 Å². The van der Waals surface area contributed by atoms with Gasteiger partial charge in [0, 0.05) is 19.0 Å². The topological polar surface area (TPSA) is 20.3 Å². The lowest BCUT2D eigenvalue weighted by atomic mass is 9.75. The van der Waals surface area contributed by atoms with Crippen LogP contribution in [-0.4, -0.2) is 23.4 Å². The molecule has 1 aliphatic carbocycles. The van der Waals surface area contributed by atoms with Gasteiger partial charge in [0.25, 0.3) is 0 Å². The first-order valence-corrected chi connectivity index (χ1v) is 7.88. The molecular formula is C16H33NO. The van der Waals surface area contributed by atoms with Crippen LogP contribution < -0.4 is 0 Å². The second-order valence-corrected chi connectivity index (χ2v) is 5.59.